The Morgan fingerprint density at radius 3 is 2.15 bits per heavy atom. The summed E-state index contributed by atoms with van der Waals surface area (Å²) in [6.07, 6.45) is 0. The molecule has 0 bridgehead atoms. The summed E-state index contributed by atoms with van der Waals surface area (Å²) in [7, 11) is 1.87. The Morgan fingerprint density at radius 2 is 1.50 bits per heavy atom. The summed E-state index contributed by atoms with van der Waals surface area (Å²) in [5.74, 6) is 1.62. The Bertz CT molecular complexity index is 716. The zero-order valence-electron chi connectivity index (χ0n) is 11.5. The van der Waals surface area contributed by atoms with Crippen molar-refractivity contribution in [3.8, 4) is 22.8 Å². The van der Waals surface area contributed by atoms with Gasteiger partial charge < -0.3 is 5.43 Å². The van der Waals surface area contributed by atoms with E-state index in [0.29, 0.717) is 0 Å². The highest BCUT2D eigenvalue weighted by molar-refractivity contribution is 5.63. The molecule has 0 amide bonds. The lowest BCUT2D eigenvalue weighted by molar-refractivity contribution is 0.939. The second kappa shape index (κ2) is 5.17. The third kappa shape index (κ3) is 2.16. The largest absolute Gasteiger partial charge is 0.325 e. The van der Waals surface area contributed by atoms with Gasteiger partial charge in [-0.25, -0.2) is 4.68 Å². The number of rotatable bonds is 3. The molecule has 0 radical (unpaired) electrons. The fourth-order valence-corrected chi connectivity index (χ4v) is 2.24. The van der Waals surface area contributed by atoms with Crippen molar-refractivity contribution in [3.63, 3.8) is 0 Å². The average Bonchev–Trinajstić information content (AvgIpc) is 2.92. The lowest BCUT2D eigenvalue weighted by Gasteiger charge is -2.09. The minimum Gasteiger partial charge on any atom is -0.325 e. The van der Waals surface area contributed by atoms with Crippen molar-refractivity contribution in [1.82, 2.24) is 14.9 Å². The zero-order valence-corrected chi connectivity index (χ0v) is 11.5. The number of aromatic nitrogens is 3. The molecule has 3 aromatic rings. The fourth-order valence-electron chi connectivity index (χ4n) is 2.24. The van der Waals surface area contributed by atoms with Gasteiger partial charge in [0.2, 0.25) is 0 Å². The van der Waals surface area contributed by atoms with Gasteiger partial charge in [0.15, 0.2) is 11.6 Å². The first-order valence-electron chi connectivity index (χ1n) is 6.55. The van der Waals surface area contributed by atoms with Crippen molar-refractivity contribution >= 4 is 0 Å². The summed E-state index contributed by atoms with van der Waals surface area (Å²) in [6.45, 7) is 2.07. The Morgan fingerprint density at radius 1 is 0.850 bits per heavy atom. The molecule has 0 aliphatic carbocycles. The Labute approximate surface area is 118 Å². The number of benzene rings is 2. The predicted molar refractivity (Wildman–Crippen MR) is 80.9 cm³/mol. The van der Waals surface area contributed by atoms with Gasteiger partial charge in [0, 0.05) is 18.2 Å². The maximum Gasteiger partial charge on any atom is 0.182 e. The third-order valence-corrected chi connectivity index (χ3v) is 3.19. The van der Waals surface area contributed by atoms with Gasteiger partial charge in [-0.15, -0.1) is 10.2 Å². The average molecular weight is 264 g/mol. The Hall–Kier alpha value is -2.62. The Balaban J connectivity index is 2.13. The lowest BCUT2D eigenvalue weighted by Crippen LogP contribution is -2.12. The Kier molecular flexibility index (Phi) is 3.21. The molecule has 0 saturated carbocycles. The molecule has 0 atom stereocenters. The summed E-state index contributed by atoms with van der Waals surface area (Å²) < 4.78 is 1.91. The molecule has 0 aliphatic heterocycles. The van der Waals surface area contributed by atoms with Crippen molar-refractivity contribution in [2.24, 2.45) is 0 Å². The molecule has 0 unspecified atom stereocenters. The van der Waals surface area contributed by atoms with Crippen LogP contribution in [0.25, 0.3) is 22.8 Å². The van der Waals surface area contributed by atoms with E-state index in [0.717, 1.165) is 22.8 Å². The predicted octanol–water partition coefficient (Wildman–Crippen LogP) is 3.09. The van der Waals surface area contributed by atoms with Crippen molar-refractivity contribution in [2.45, 2.75) is 6.92 Å². The summed E-state index contributed by atoms with van der Waals surface area (Å²) >= 11 is 0. The van der Waals surface area contributed by atoms with E-state index in [9.17, 15) is 0 Å². The maximum atomic E-state index is 4.33. The van der Waals surface area contributed by atoms with E-state index in [1.165, 1.54) is 5.56 Å². The fraction of sp³-hybridized carbons (Fsp3) is 0.125. The molecular weight excluding hydrogens is 248 g/mol. The highest BCUT2D eigenvalue weighted by atomic mass is 15.5. The van der Waals surface area contributed by atoms with E-state index in [1.807, 2.05) is 54.2 Å². The highest BCUT2D eigenvalue weighted by Crippen LogP contribution is 2.23. The first kappa shape index (κ1) is 12.4. The normalized spacial score (nSPS) is 10.5. The molecule has 4 heteroatoms. The first-order chi connectivity index (χ1) is 9.79. The molecule has 0 fully saturated rings. The molecule has 1 aromatic heterocycles. The molecule has 1 heterocycles. The van der Waals surface area contributed by atoms with Crippen LogP contribution in [-0.4, -0.2) is 21.9 Å². The van der Waals surface area contributed by atoms with E-state index in [1.54, 1.807) is 0 Å². The molecule has 0 spiro atoms. The van der Waals surface area contributed by atoms with Crippen LogP contribution >= 0.6 is 0 Å². The summed E-state index contributed by atoms with van der Waals surface area (Å²) in [5, 5.41) is 8.64. The van der Waals surface area contributed by atoms with Crippen molar-refractivity contribution in [1.29, 1.82) is 0 Å². The van der Waals surface area contributed by atoms with Gasteiger partial charge in [-0.3, -0.25) is 0 Å². The van der Waals surface area contributed by atoms with Crippen LogP contribution in [0.3, 0.4) is 0 Å². The standard InChI is InChI=1S/C16H16N4/c1-12-7-6-10-14(11-12)16-19-18-15(20(16)17-2)13-8-4-3-5-9-13/h3-11,17H,1-2H3. The van der Waals surface area contributed by atoms with Crippen LogP contribution in [0.5, 0.6) is 0 Å². The summed E-state index contributed by atoms with van der Waals surface area (Å²) in [5.41, 5.74) is 6.44. The van der Waals surface area contributed by atoms with Crippen LogP contribution in [0, 0.1) is 6.92 Å². The molecule has 100 valence electrons. The minimum atomic E-state index is 0.810. The summed E-state index contributed by atoms with van der Waals surface area (Å²) in [4.78, 5) is 0. The molecule has 20 heavy (non-hydrogen) atoms. The molecule has 0 saturated heterocycles. The second-order valence-corrected chi connectivity index (χ2v) is 4.64. The van der Waals surface area contributed by atoms with Gasteiger partial charge in [-0.1, -0.05) is 54.1 Å². The van der Waals surface area contributed by atoms with Crippen LogP contribution in [0.2, 0.25) is 0 Å². The molecule has 2 aromatic carbocycles. The summed E-state index contributed by atoms with van der Waals surface area (Å²) in [6, 6.07) is 18.3. The van der Waals surface area contributed by atoms with Crippen LogP contribution in [0.15, 0.2) is 54.6 Å². The van der Waals surface area contributed by atoms with Gasteiger partial charge in [0.05, 0.1) is 0 Å². The minimum absolute atomic E-state index is 0.810. The number of nitrogens with one attached hydrogen (secondary N) is 1. The zero-order chi connectivity index (χ0) is 13.9. The number of hydrogen-bond acceptors (Lipinski definition) is 3. The molecular formula is C16H16N4. The van der Waals surface area contributed by atoms with E-state index < -0.39 is 0 Å². The number of hydrogen-bond donors (Lipinski definition) is 1. The molecule has 3 rings (SSSR count). The van der Waals surface area contributed by atoms with E-state index in [4.69, 9.17) is 0 Å². The van der Waals surface area contributed by atoms with Crippen LogP contribution < -0.4 is 5.43 Å². The molecule has 4 nitrogen and oxygen atoms in total. The van der Waals surface area contributed by atoms with Crippen molar-refractivity contribution in [3.05, 3.63) is 60.2 Å². The van der Waals surface area contributed by atoms with Gasteiger partial charge >= 0.3 is 0 Å². The first-order valence-corrected chi connectivity index (χ1v) is 6.55. The van der Waals surface area contributed by atoms with Crippen LogP contribution in [0.4, 0.5) is 0 Å². The van der Waals surface area contributed by atoms with E-state index in [2.05, 4.69) is 34.7 Å². The monoisotopic (exact) mass is 264 g/mol. The van der Waals surface area contributed by atoms with E-state index in [-0.39, 0.29) is 0 Å². The van der Waals surface area contributed by atoms with Crippen LogP contribution in [0.1, 0.15) is 5.56 Å². The molecule has 1 N–H and O–H groups in total. The molecule has 0 aliphatic rings. The van der Waals surface area contributed by atoms with Crippen molar-refractivity contribution in [2.75, 3.05) is 12.5 Å². The highest BCUT2D eigenvalue weighted by Gasteiger charge is 2.14. The second-order valence-electron chi connectivity index (χ2n) is 4.64. The van der Waals surface area contributed by atoms with Crippen LogP contribution in [-0.2, 0) is 0 Å². The lowest BCUT2D eigenvalue weighted by atomic mass is 10.1. The van der Waals surface area contributed by atoms with Gasteiger partial charge in [-0.05, 0) is 13.0 Å². The van der Waals surface area contributed by atoms with Crippen molar-refractivity contribution < 1.29 is 0 Å². The number of aryl methyl sites for hydroxylation is 1. The van der Waals surface area contributed by atoms with Gasteiger partial charge in [0.1, 0.15) is 0 Å². The van der Waals surface area contributed by atoms with E-state index >= 15 is 0 Å². The topological polar surface area (TPSA) is 42.7 Å². The SMILES string of the molecule is CNn1c(-c2ccccc2)nnc1-c1cccc(C)c1. The third-order valence-electron chi connectivity index (χ3n) is 3.19. The quantitative estimate of drug-likeness (QED) is 0.790. The maximum absolute atomic E-state index is 4.33. The number of nitrogens with zero attached hydrogens (tertiary/aromatic N) is 3. The van der Waals surface area contributed by atoms with Gasteiger partial charge in [-0.2, -0.15) is 0 Å². The smallest absolute Gasteiger partial charge is 0.182 e. The van der Waals surface area contributed by atoms with Gasteiger partial charge in [0.25, 0.3) is 0 Å².